The topological polar surface area (TPSA) is 64.3 Å². The van der Waals surface area contributed by atoms with Crippen molar-refractivity contribution < 1.29 is 9.53 Å². The summed E-state index contributed by atoms with van der Waals surface area (Å²) in [6.45, 7) is 0.420. The molecule has 1 saturated carbocycles. The summed E-state index contributed by atoms with van der Waals surface area (Å²) in [7, 11) is 0. The van der Waals surface area contributed by atoms with Crippen molar-refractivity contribution >= 4 is 22.9 Å². The first-order valence-corrected chi connectivity index (χ1v) is 7.51. The highest BCUT2D eigenvalue weighted by Gasteiger charge is 2.23. The Bertz CT molecular complexity index is 620. The van der Waals surface area contributed by atoms with Crippen LogP contribution in [0.3, 0.4) is 0 Å². The highest BCUT2D eigenvalue weighted by atomic mass is 32.1. The van der Waals surface area contributed by atoms with E-state index in [2.05, 4.69) is 5.32 Å². The molecule has 2 aromatic rings. The standard InChI is InChI=1S/C15H16N2O2S/c16-14-9-20-8-11(14)7-19-13-3-1-2-10(6-13)15(18)17-12-4-5-12/h1-3,6,8-9,12H,4-5,7,16H2,(H,17,18). The SMILES string of the molecule is Nc1cscc1COc1cccc(C(=O)NC2CC2)c1. The van der Waals surface area contributed by atoms with Crippen LogP contribution in [-0.4, -0.2) is 11.9 Å². The smallest absolute Gasteiger partial charge is 0.251 e. The summed E-state index contributed by atoms with van der Waals surface area (Å²) < 4.78 is 5.69. The third kappa shape index (κ3) is 3.11. The van der Waals surface area contributed by atoms with E-state index in [4.69, 9.17) is 10.5 Å². The Labute approximate surface area is 121 Å². The van der Waals surface area contributed by atoms with Gasteiger partial charge in [0.1, 0.15) is 12.4 Å². The van der Waals surface area contributed by atoms with Gasteiger partial charge in [-0.15, -0.1) is 11.3 Å². The minimum Gasteiger partial charge on any atom is -0.489 e. The van der Waals surface area contributed by atoms with Crippen LogP contribution in [0.25, 0.3) is 0 Å². The molecule has 0 atom stereocenters. The predicted octanol–water partition coefficient (Wildman–Crippen LogP) is 2.80. The van der Waals surface area contributed by atoms with E-state index in [1.54, 1.807) is 23.5 Å². The van der Waals surface area contributed by atoms with Crippen molar-refractivity contribution in [2.24, 2.45) is 0 Å². The number of hydrogen-bond acceptors (Lipinski definition) is 4. The molecule has 0 spiro atoms. The lowest BCUT2D eigenvalue weighted by molar-refractivity contribution is 0.0950. The first kappa shape index (κ1) is 13.0. The number of benzene rings is 1. The molecule has 1 aliphatic carbocycles. The lowest BCUT2D eigenvalue weighted by atomic mass is 10.2. The molecule has 0 saturated heterocycles. The van der Waals surface area contributed by atoms with E-state index >= 15 is 0 Å². The molecule has 4 nitrogen and oxygen atoms in total. The van der Waals surface area contributed by atoms with Gasteiger partial charge in [0.05, 0.1) is 0 Å². The Hall–Kier alpha value is -2.01. The van der Waals surface area contributed by atoms with Gasteiger partial charge < -0.3 is 15.8 Å². The van der Waals surface area contributed by atoms with E-state index in [0.29, 0.717) is 24.0 Å². The zero-order valence-electron chi connectivity index (χ0n) is 11.0. The van der Waals surface area contributed by atoms with Gasteiger partial charge in [0.25, 0.3) is 5.91 Å². The minimum absolute atomic E-state index is 0.0343. The summed E-state index contributed by atoms with van der Waals surface area (Å²) in [4.78, 5) is 11.9. The van der Waals surface area contributed by atoms with Gasteiger partial charge >= 0.3 is 0 Å². The lowest BCUT2D eigenvalue weighted by Crippen LogP contribution is -2.25. The maximum Gasteiger partial charge on any atom is 0.251 e. The fourth-order valence-electron chi connectivity index (χ4n) is 1.84. The molecule has 0 bridgehead atoms. The molecule has 1 heterocycles. The van der Waals surface area contributed by atoms with Crippen molar-refractivity contribution in [3.63, 3.8) is 0 Å². The summed E-state index contributed by atoms with van der Waals surface area (Å²) in [5.74, 6) is 0.645. The first-order chi connectivity index (χ1) is 9.72. The fraction of sp³-hybridized carbons (Fsp3) is 0.267. The van der Waals surface area contributed by atoms with E-state index in [9.17, 15) is 4.79 Å². The number of anilines is 1. The number of ether oxygens (including phenoxy) is 1. The molecule has 1 fully saturated rings. The van der Waals surface area contributed by atoms with Gasteiger partial charge in [-0.2, -0.15) is 0 Å². The normalized spacial score (nSPS) is 14.0. The number of nitrogens with two attached hydrogens (primary N) is 1. The zero-order chi connectivity index (χ0) is 13.9. The van der Waals surface area contributed by atoms with Crippen LogP contribution in [0.2, 0.25) is 0 Å². The number of hydrogen-bond donors (Lipinski definition) is 2. The van der Waals surface area contributed by atoms with Crippen LogP contribution in [-0.2, 0) is 6.61 Å². The van der Waals surface area contributed by atoms with Crippen molar-refractivity contribution in [2.45, 2.75) is 25.5 Å². The molecule has 0 aliphatic heterocycles. The van der Waals surface area contributed by atoms with Gasteiger partial charge in [-0.3, -0.25) is 4.79 Å². The third-order valence-electron chi connectivity index (χ3n) is 3.18. The molecule has 3 rings (SSSR count). The maximum atomic E-state index is 11.9. The fourth-order valence-corrected chi connectivity index (χ4v) is 2.57. The molecule has 1 aliphatic rings. The largest absolute Gasteiger partial charge is 0.489 e. The third-order valence-corrected chi connectivity index (χ3v) is 3.99. The van der Waals surface area contributed by atoms with Crippen LogP contribution in [0.5, 0.6) is 5.75 Å². The van der Waals surface area contributed by atoms with E-state index in [1.807, 2.05) is 22.9 Å². The summed E-state index contributed by atoms with van der Waals surface area (Å²) in [5.41, 5.74) is 8.17. The summed E-state index contributed by atoms with van der Waals surface area (Å²) in [6.07, 6.45) is 2.17. The van der Waals surface area contributed by atoms with E-state index < -0.39 is 0 Å². The Morgan fingerprint density at radius 3 is 2.95 bits per heavy atom. The minimum atomic E-state index is -0.0343. The van der Waals surface area contributed by atoms with Crippen molar-refractivity contribution in [1.29, 1.82) is 0 Å². The Morgan fingerprint density at radius 2 is 2.25 bits per heavy atom. The molecule has 104 valence electrons. The number of amides is 1. The molecular formula is C15H16N2O2S. The highest BCUT2D eigenvalue weighted by molar-refractivity contribution is 7.08. The number of thiophene rings is 1. The molecule has 3 N–H and O–H groups in total. The van der Waals surface area contributed by atoms with Crippen LogP contribution in [0.1, 0.15) is 28.8 Å². The van der Waals surface area contributed by atoms with Crippen molar-refractivity contribution in [3.8, 4) is 5.75 Å². The molecule has 1 amide bonds. The van der Waals surface area contributed by atoms with E-state index in [0.717, 1.165) is 24.1 Å². The zero-order valence-corrected chi connectivity index (χ0v) is 11.8. The molecule has 5 heteroatoms. The van der Waals surface area contributed by atoms with Gasteiger partial charge in [0, 0.05) is 28.2 Å². The maximum absolute atomic E-state index is 11.9. The Balaban J connectivity index is 1.64. The number of nitrogens with one attached hydrogen (secondary N) is 1. The van der Waals surface area contributed by atoms with Gasteiger partial charge in [-0.05, 0) is 36.4 Å². The van der Waals surface area contributed by atoms with Crippen LogP contribution in [0.4, 0.5) is 5.69 Å². The monoisotopic (exact) mass is 288 g/mol. The quantitative estimate of drug-likeness (QED) is 0.889. The second-order valence-electron chi connectivity index (χ2n) is 4.92. The Morgan fingerprint density at radius 1 is 1.40 bits per heavy atom. The van der Waals surface area contributed by atoms with Crippen molar-refractivity contribution in [2.75, 3.05) is 5.73 Å². The highest BCUT2D eigenvalue weighted by Crippen LogP contribution is 2.22. The van der Waals surface area contributed by atoms with Gasteiger partial charge in [0.15, 0.2) is 0 Å². The predicted molar refractivity (Wildman–Crippen MR) is 80.0 cm³/mol. The second-order valence-corrected chi connectivity index (χ2v) is 5.66. The molecule has 0 radical (unpaired) electrons. The van der Waals surface area contributed by atoms with Crippen LogP contribution in [0, 0.1) is 0 Å². The lowest BCUT2D eigenvalue weighted by Gasteiger charge is -2.08. The Kier molecular flexibility index (Phi) is 3.60. The van der Waals surface area contributed by atoms with E-state index in [-0.39, 0.29) is 5.91 Å². The van der Waals surface area contributed by atoms with Gasteiger partial charge in [0.2, 0.25) is 0 Å². The number of carbonyl (C=O) groups excluding carboxylic acids is 1. The molecule has 20 heavy (non-hydrogen) atoms. The molecule has 0 unspecified atom stereocenters. The number of rotatable bonds is 5. The number of carbonyl (C=O) groups is 1. The summed E-state index contributed by atoms with van der Waals surface area (Å²) in [5, 5.41) is 6.82. The van der Waals surface area contributed by atoms with Crippen molar-refractivity contribution in [1.82, 2.24) is 5.32 Å². The van der Waals surface area contributed by atoms with Gasteiger partial charge in [-0.1, -0.05) is 6.07 Å². The van der Waals surface area contributed by atoms with Crippen LogP contribution < -0.4 is 15.8 Å². The summed E-state index contributed by atoms with van der Waals surface area (Å²) >= 11 is 1.55. The summed E-state index contributed by atoms with van der Waals surface area (Å²) in [6, 6.07) is 7.59. The first-order valence-electron chi connectivity index (χ1n) is 6.56. The molecule has 1 aromatic heterocycles. The van der Waals surface area contributed by atoms with Crippen molar-refractivity contribution in [3.05, 3.63) is 46.2 Å². The average molecular weight is 288 g/mol. The number of nitrogen functional groups attached to an aromatic ring is 1. The molecular weight excluding hydrogens is 272 g/mol. The van der Waals surface area contributed by atoms with Crippen LogP contribution in [0.15, 0.2) is 35.0 Å². The molecule has 1 aromatic carbocycles. The second kappa shape index (κ2) is 5.54. The van der Waals surface area contributed by atoms with Gasteiger partial charge in [-0.25, -0.2) is 0 Å². The van der Waals surface area contributed by atoms with E-state index in [1.165, 1.54) is 0 Å². The van der Waals surface area contributed by atoms with Crippen LogP contribution >= 0.6 is 11.3 Å². The average Bonchev–Trinajstić information content (AvgIpc) is 3.17.